The maximum absolute atomic E-state index is 12.0. The molecule has 3 heterocycles. The molecule has 7 nitrogen and oxygen atoms in total. The van der Waals surface area contributed by atoms with Crippen LogP contribution in [0.5, 0.6) is 5.75 Å². The monoisotopic (exact) mass is 357 g/mol. The number of aliphatic carboxylic acids is 1. The number of rotatable bonds is 5. The van der Waals surface area contributed by atoms with Crippen molar-refractivity contribution in [3.63, 3.8) is 0 Å². The van der Waals surface area contributed by atoms with Gasteiger partial charge in [0.25, 0.3) is 0 Å². The first kappa shape index (κ1) is 17.1. The van der Waals surface area contributed by atoms with Gasteiger partial charge < -0.3 is 14.6 Å². The molecule has 0 saturated carbocycles. The molecule has 0 aliphatic carbocycles. The Balaban J connectivity index is 1.62. The second-order valence-corrected chi connectivity index (χ2v) is 7.11. The van der Waals surface area contributed by atoms with Crippen LogP contribution < -0.4 is 4.74 Å². The molecule has 1 aromatic heterocycles. The Bertz CT molecular complexity index is 792. The molecule has 0 radical (unpaired) electrons. The lowest BCUT2D eigenvalue weighted by Gasteiger charge is -2.34. The fourth-order valence-corrected chi connectivity index (χ4v) is 4.21. The molecule has 1 N–H and O–H groups in total. The zero-order chi connectivity index (χ0) is 18.1. The third kappa shape index (κ3) is 2.87. The lowest BCUT2D eigenvalue weighted by atomic mass is 9.76. The summed E-state index contributed by atoms with van der Waals surface area (Å²) in [6.07, 6.45) is 4.45. The van der Waals surface area contributed by atoms with Gasteiger partial charge in [-0.2, -0.15) is 5.10 Å². The van der Waals surface area contributed by atoms with E-state index in [0.717, 1.165) is 30.0 Å². The highest BCUT2D eigenvalue weighted by atomic mass is 16.5. The van der Waals surface area contributed by atoms with Gasteiger partial charge >= 0.3 is 5.97 Å². The van der Waals surface area contributed by atoms with Crippen LogP contribution in [0.1, 0.15) is 12.0 Å². The highest BCUT2D eigenvalue weighted by Crippen LogP contribution is 2.42. The van der Waals surface area contributed by atoms with Gasteiger partial charge in [-0.15, -0.1) is 0 Å². The first-order valence-electron chi connectivity index (χ1n) is 8.83. The highest BCUT2D eigenvalue weighted by molar-refractivity contribution is 5.76. The van der Waals surface area contributed by atoms with Crippen molar-refractivity contribution in [2.24, 2.45) is 11.3 Å². The summed E-state index contributed by atoms with van der Waals surface area (Å²) < 4.78 is 12.7. The molecule has 1 aromatic carbocycles. The molecular weight excluding hydrogens is 334 g/mol. The van der Waals surface area contributed by atoms with E-state index in [1.54, 1.807) is 13.3 Å². The van der Waals surface area contributed by atoms with Crippen LogP contribution in [0.4, 0.5) is 0 Å². The molecule has 4 rings (SSSR count). The number of nitrogens with zero attached hydrogens (tertiary/aromatic N) is 3. The van der Waals surface area contributed by atoms with Crippen molar-refractivity contribution in [3.05, 3.63) is 42.2 Å². The molecular formula is C19H23N3O4. The topological polar surface area (TPSA) is 76.8 Å². The van der Waals surface area contributed by atoms with Crippen LogP contribution in [0.15, 0.2) is 36.7 Å². The first-order valence-corrected chi connectivity index (χ1v) is 8.83. The summed E-state index contributed by atoms with van der Waals surface area (Å²) in [7, 11) is 1.65. The maximum Gasteiger partial charge on any atom is 0.313 e. The Morgan fingerprint density at radius 2 is 2.38 bits per heavy atom. The number of carboxylic acid groups (broad SMARTS) is 1. The van der Waals surface area contributed by atoms with Gasteiger partial charge in [0, 0.05) is 38.6 Å². The van der Waals surface area contributed by atoms with Crippen molar-refractivity contribution in [1.82, 2.24) is 14.7 Å². The summed E-state index contributed by atoms with van der Waals surface area (Å²) in [6, 6.07) is 7.79. The molecule has 0 unspecified atom stereocenters. The average molecular weight is 357 g/mol. The van der Waals surface area contributed by atoms with E-state index >= 15 is 0 Å². The average Bonchev–Trinajstić information content (AvgIpc) is 3.29. The number of fused-ring (bicyclic) bond motifs is 1. The molecule has 2 fully saturated rings. The van der Waals surface area contributed by atoms with Crippen molar-refractivity contribution in [2.75, 3.05) is 33.4 Å². The summed E-state index contributed by atoms with van der Waals surface area (Å²) in [5, 5.41) is 14.2. The van der Waals surface area contributed by atoms with Crippen LogP contribution in [0.25, 0.3) is 5.69 Å². The zero-order valence-electron chi connectivity index (χ0n) is 14.8. The number of ether oxygens (including phenoxy) is 2. The minimum absolute atomic E-state index is 0.132. The van der Waals surface area contributed by atoms with E-state index < -0.39 is 11.4 Å². The summed E-state index contributed by atoms with van der Waals surface area (Å²) in [5.74, 6) is 0.166. The second kappa shape index (κ2) is 6.74. The number of hydrogen-bond donors (Lipinski definition) is 1. The van der Waals surface area contributed by atoms with Gasteiger partial charge in [-0.05, 0) is 42.2 Å². The number of hydrogen-bond acceptors (Lipinski definition) is 5. The Labute approximate surface area is 152 Å². The van der Waals surface area contributed by atoms with Crippen LogP contribution in [0.2, 0.25) is 0 Å². The SMILES string of the molecule is COc1ccc(-n2cccn2)c(CN2C[C@@H]3CCOC[C@]3(C(=O)O)C2)c1. The normalized spacial score (nSPS) is 25.8. The standard InChI is InChI=1S/C19H23N3O4/c1-25-16-3-4-17(22-7-2-6-20-22)14(9-16)10-21-11-15-5-8-26-13-19(15,12-21)18(23)24/h2-4,6-7,9,15H,5,8,10-13H2,1H3,(H,23,24)/t15-,19+/m0/s1. The number of carboxylic acids is 1. The molecule has 0 bridgehead atoms. The third-order valence-corrected chi connectivity index (χ3v) is 5.59. The number of methoxy groups -OCH3 is 1. The van der Waals surface area contributed by atoms with E-state index in [4.69, 9.17) is 9.47 Å². The smallest absolute Gasteiger partial charge is 0.313 e. The molecule has 138 valence electrons. The Kier molecular flexibility index (Phi) is 4.42. The van der Waals surface area contributed by atoms with E-state index in [1.165, 1.54) is 0 Å². The second-order valence-electron chi connectivity index (χ2n) is 7.11. The first-order chi connectivity index (χ1) is 12.6. The predicted octanol–water partition coefficient (Wildman–Crippen LogP) is 1.80. The molecule has 2 aliphatic heterocycles. The largest absolute Gasteiger partial charge is 0.497 e. The molecule has 7 heteroatoms. The summed E-state index contributed by atoms with van der Waals surface area (Å²) >= 11 is 0. The quantitative estimate of drug-likeness (QED) is 0.879. The van der Waals surface area contributed by atoms with Crippen LogP contribution in [0.3, 0.4) is 0 Å². The van der Waals surface area contributed by atoms with Crippen molar-refractivity contribution in [1.29, 1.82) is 0 Å². The molecule has 0 spiro atoms. The van der Waals surface area contributed by atoms with Crippen molar-refractivity contribution >= 4 is 5.97 Å². The van der Waals surface area contributed by atoms with Crippen molar-refractivity contribution < 1.29 is 19.4 Å². The molecule has 26 heavy (non-hydrogen) atoms. The minimum Gasteiger partial charge on any atom is -0.497 e. The summed E-state index contributed by atoms with van der Waals surface area (Å²) in [6.45, 7) is 2.87. The number of aromatic nitrogens is 2. The molecule has 2 aliphatic rings. The summed E-state index contributed by atoms with van der Waals surface area (Å²) in [4.78, 5) is 14.2. The number of likely N-dealkylation sites (tertiary alicyclic amines) is 1. The molecule has 2 saturated heterocycles. The molecule has 2 atom stereocenters. The van der Waals surface area contributed by atoms with Crippen LogP contribution >= 0.6 is 0 Å². The van der Waals surface area contributed by atoms with E-state index in [0.29, 0.717) is 26.3 Å². The van der Waals surface area contributed by atoms with E-state index in [9.17, 15) is 9.90 Å². The fraction of sp³-hybridized carbons (Fsp3) is 0.474. The van der Waals surface area contributed by atoms with Crippen molar-refractivity contribution in [3.8, 4) is 11.4 Å². The minimum atomic E-state index is -0.789. The van der Waals surface area contributed by atoms with Gasteiger partial charge in [0.2, 0.25) is 0 Å². The fourth-order valence-electron chi connectivity index (χ4n) is 4.21. The Morgan fingerprint density at radius 3 is 3.08 bits per heavy atom. The highest BCUT2D eigenvalue weighted by Gasteiger charge is 2.54. The van der Waals surface area contributed by atoms with Crippen molar-refractivity contribution in [2.45, 2.75) is 13.0 Å². The van der Waals surface area contributed by atoms with Gasteiger partial charge in [-0.25, -0.2) is 4.68 Å². The van der Waals surface area contributed by atoms with Crippen LogP contribution in [-0.2, 0) is 16.1 Å². The lowest BCUT2D eigenvalue weighted by molar-refractivity contribution is -0.159. The maximum atomic E-state index is 12.0. The third-order valence-electron chi connectivity index (χ3n) is 5.59. The Hall–Kier alpha value is -2.38. The van der Waals surface area contributed by atoms with Crippen LogP contribution in [0, 0.1) is 11.3 Å². The molecule has 0 amide bonds. The lowest BCUT2D eigenvalue weighted by Crippen LogP contribution is -2.46. The van der Waals surface area contributed by atoms with Gasteiger partial charge in [0.1, 0.15) is 11.2 Å². The number of carbonyl (C=O) groups is 1. The van der Waals surface area contributed by atoms with E-state index in [2.05, 4.69) is 10.00 Å². The predicted molar refractivity (Wildman–Crippen MR) is 94.4 cm³/mol. The van der Waals surface area contributed by atoms with E-state index in [1.807, 2.05) is 35.1 Å². The van der Waals surface area contributed by atoms with Gasteiger partial charge in [0.15, 0.2) is 0 Å². The zero-order valence-corrected chi connectivity index (χ0v) is 14.8. The van der Waals surface area contributed by atoms with Gasteiger partial charge in [-0.1, -0.05) is 0 Å². The van der Waals surface area contributed by atoms with Gasteiger partial charge in [0.05, 0.1) is 19.4 Å². The van der Waals surface area contributed by atoms with Gasteiger partial charge in [-0.3, -0.25) is 9.69 Å². The van der Waals surface area contributed by atoms with E-state index in [-0.39, 0.29) is 5.92 Å². The Morgan fingerprint density at radius 1 is 1.50 bits per heavy atom. The summed E-state index contributed by atoms with van der Waals surface area (Å²) in [5.41, 5.74) is 1.25. The van der Waals surface area contributed by atoms with Crippen LogP contribution in [-0.4, -0.2) is 59.2 Å². The molecule has 2 aromatic rings. The number of benzene rings is 1.